The monoisotopic (exact) mass is 308 g/mol. The fourth-order valence-electron chi connectivity index (χ4n) is 2.40. The first-order valence-corrected chi connectivity index (χ1v) is 6.80. The van der Waals surface area contributed by atoms with Gasteiger partial charge in [0, 0.05) is 4.08 Å². The lowest BCUT2D eigenvalue weighted by molar-refractivity contribution is 0.0139. The van der Waals surface area contributed by atoms with Crippen molar-refractivity contribution >= 4 is 22.6 Å². The van der Waals surface area contributed by atoms with E-state index in [1.54, 1.807) is 0 Å². The lowest BCUT2D eigenvalue weighted by atomic mass is 9.75. The highest BCUT2D eigenvalue weighted by Crippen LogP contribution is 2.35. The number of ether oxygens (including phenoxy) is 1. The Hall–Kier alpha value is 0.270. The van der Waals surface area contributed by atoms with Crippen molar-refractivity contribution in [3.63, 3.8) is 0 Å². The molecule has 0 N–H and O–H groups in total. The van der Waals surface area contributed by atoms with E-state index < -0.39 is 0 Å². The van der Waals surface area contributed by atoms with Gasteiger partial charge in [-0.25, -0.2) is 0 Å². The van der Waals surface area contributed by atoms with Gasteiger partial charge in [0.1, 0.15) is 6.10 Å². The highest BCUT2D eigenvalue weighted by atomic mass is 127. The first-order chi connectivity index (χ1) is 6.65. The lowest BCUT2D eigenvalue weighted by Gasteiger charge is -2.36. The Morgan fingerprint density at radius 1 is 1.36 bits per heavy atom. The van der Waals surface area contributed by atoms with Gasteiger partial charge < -0.3 is 4.74 Å². The molecule has 0 aromatic carbocycles. The van der Waals surface area contributed by atoms with Crippen LogP contribution in [0.2, 0.25) is 0 Å². The average molecular weight is 308 g/mol. The third kappa shape index (κ3) is 3.44. The molecule has 82 valence electrons. The van der Waals surface area contributed by atoms with E-state index >= 15 is 0 Å². The first kappa shape index (κ1) is 12.3. The van der Waals surface area contributed by atoms with Crippen LogP contribution in [0.4, 0.5) is 0 Å². The average Bonchev–Trinajstić information content (AvgIpc) is 2.14. The second-order valence-electron chi connectivity index (χ2n) is 4.76. The van der Waals surface area contributed by atoms with Crippen LogP contribution in [0.5, 0.6) is 0 Å². The van der Waals surface area contributed by atoms with E-state index in [0.29, 0.717) is 6.10 Å². The van der Waals surface area contributed by atoms with Crippen LogP contribution >= 0.6 is 22.6 Å². The molecule has 3 atom stereocenters. The minimum atomic E-state index is 0.449. The molecule has 0 amide bonds. The second-order valence-corrected chi connectivity index (χ2v) is 5.48. The molecule has 0 saturated heterocycles. The van der Waals surface area contributed by atoms with Crippen molar-refractivity contribution in [3.8, 4) is 0 Å². The molecule has 1 fully saturated rings. The zero-order valence-corrected chi connectivity index (χ0v) is 11.5. The summed E-state index contributed by atoms with van der Waals surface area (Å²) >= 11 is 2.21. The van der Waals surface area contributed by atoms with Gasteiger partial charge in [0.05, 0.1) is 6.26 Å². The fraction of sp³-hybridized carbons (Fsp3) is 0.833. The topological polar surface area (TPSA) is 9.23 Å². The molecule has 0 bridgehead atoms. The zero-order valence-electron chi connectivity index (χ0n) is 9.37. The van der Waals surface area contributed by atoms with Gasteiger partial charge in [-0.3, -0.25) is 0 Å². The summed E-state index contributed by atoms with van der Waals surface area (Å²) in [6.07, 6.45) is 6.22. The largest absolute Gasteiger partial charge is 0.497 e. The van der Waals surface area contributed by atoms with Gasteiger partial charge in [0.25, 0.3) is 0 Å². The minimum Gasteiger partial charge on any atom is -0.497 e. The van der Waals surface area contributed by atoms with Gasteiger partial charge in [0.2, 0.25) is 0 Å². The first-order valence-electron chi connectivity index (χ1n) is 5.55. The molecule has 1 nitrogen and oxygen atoms in total. The van der Waals surface area contributed by atoms with E-state index in [4.69, 9.17) is 4.74 Å². The molecule has 1 saturated carbocycles. The quantitative estimate of drug-likeness (QED) is 0.556. The maximum absolute atomic E-state index is 5.79. The van der Waals surface area contributed by atoms with Gasteiger partial charge in [0.15, 0.2) is 0 Å². The third-order valence-corrected chi connectivity index (χ3v) is 3.56. The predicted molar refractivity (Wildman–Crippen MR) is 69.4 cm³/mol. The Labute approximate surface area is 101 Å². The number of rotatable bonds is 3. The number of hydrogen-bond acceptors (Lipinski definition) is 1. The van der Waals surface area contributed by atoms with Gasteiger partial charge in [-0.2, -0.15) is 0 Å². The maximum Gasteiger partial charge on any atom is 0.101 e. The van der Waals surface area contributed by atoms with E-state index in [-0.39, 0.29) is 0 Å². The highest BCUT2D eigenvalue weighted by Gasteiger charge is 2.31. The Kier molecular flexibility index (Phi) is 5.28. The zero-order chi connectivity index (χ0) is 10.6. The molecule has 0 unspecified atom stereocenters. The molecule has 0 aromatic heterocycles. The Balaban J connectivity index is 2.54. The summed E-state index contributed by atoms with van der Waals surface area (Å²) in [6, 6.07) is 0. The fourth-order valence-corrected chi connectivity index (χ4v) is 2.57. The standard InChI is InChI=1S/C12H21IO/c1-9(2)11-5-4-10(3)8-12(11)14-7-6-13/h6-7,9-12H,4-5,8H2,1-3H3/b7-6+/t10-,11+,12-/m0/s1. The van der Waals surface area contributed by atoms with Crippen molar-refractivity contribution in [1.29, 1.82) is 0 Å². The second kappa shape index (κ2) is 5.99. The molecular formula is C12H21IO. The summed E-state index contributed by atoms with van der Waals surface area (Å²) in [5.74, 6) is 2.33. The molecule has 2 heteroatoms. The number of hydrogen-bond donors (Lipinski definition) is 0. The van der Waals surface area contributed by atoms with Gasteiger partial charge in [-0.15, -0.1) is 0 Å². The maximum atomic E-state index is 5.79. The Morgan fingerprint density at radius 2 is 2.07 bits per heavy atom. The molecule has 14 heavy (non-hydrogen) atoms. The molecule has 1 aliphatic carbocycles. The molecule has 0 aliphatic heterocycles. The summed E-state index contributed by atoms with van der Waals surface area (Å²) in [6.45, 7) is 6.95. The molecule has 0 radical (unpaired) electrons. The van der Waals surface area contributed by atoms with Crippen molar-refractivity contribution in [2.45, 2.75) is 46.1 Å². The Morgan fingerprint density at radius 3 is 2.64 bits per heavy atom. The summed E-state index contributed by atoms with van der Waals surface area (Å²) in [7, 11) is 0. The SMILES string of the molecule is CC(C)[C@H]1CC[C@H](C)C[C@@H]1O/C=C/I. The highest BCUT2D eigenvalue weighted by molar-refractivity contribution is 14.1. The van der Waals surface area contributed by atoms with Crippen LogP contribution in [0.1, 0.15) is 40.0 Å². The van der Waals surface area contributed by atoms with Crippen LogP contribution in [0.3, 0.4) is 0 Å². The van der Waals surface area contributed by atoms with Crippen molar-refractivity contribution in [1.82, 2.24) is 0 Å². The molecule has 0 aromatic rings. The molecule has 0 heterocycles. The van der Waals surface area contributed by atoms with Crippen LogP contribution in [0, 0.1) is 17.8 Å². The summed E-state index contributed by atoms with van der Waals surface area (Å²) in [5.41, 5.74) is 0. The summed E-state index contributed by atoms with van der Waals surface area (Å²) < 4.78 is 7.74. The van der Waals surface area contributed by atoms with Gasteiger partial charge in [-0.05, 0) is 53.2 Å². The number of halogens is 1. The van der Waals surface area contributed by atoms with Crippen molar-refractivity contribution < 1.29 is 4.74 Å². The van der Waals surface area contributed by atoms with E-state index in [2.05, 4.69) is 43.4 Å². The Bertz CT molecular complexity index is 189. The summed E-state index contributed by atoms with van der Waals surface area (Å²) in [4.78, 5) is 0. The van der Waals surface area contributed by atoms with Gasteiger partial charge >= 0.3 is 0 Å². The molecular weight excluding hydrogens is 287 g/mol. The normalized spacial score (nSPS) is 33.9. The van der Waals surface area contributed by atoms with Crippen LogP contribution < -0.4 is 0 Å². The van der Waals surface area contributed by atoms with Crippen LogP contribution in [0.15, 0.2) is 10.3 Å². The molecule has 1 aliphatic rings. The minimum absolute atomic E-state index is 0.449. The van der Waals surface area contributed by atoms with E-state index in [9.17, 15) is 0 Å². The van der Waals surface area contributed by atoms with Crippen LogP contribution in [0.25, 0.3) is 0 Å². The van der Waals surface area contributed by atoms with Crippen molar-refractivity contribution in [3.05, 3.63) is 10.3 Å². The van der Waals surface area contributed by atoms with Crippen LogP contribution in [-0.2, 0) is 4.74 Å². The van der Waals surface area contributed by atoms with E-state index in [0.717, 1.165) is 17.8 Å². The van der Waals surface area contributed by atoms with Crippen molar-refractivity contribution in [2.75, 3.05) is 0 Å². The van der Waals surface area contributed by atoms with Crippen molar-refractivity contribution in [2.24, 2.45) is 17.8 Å². The molecule has 1 rings (SSSR count). The van der Waals surface area contributed by atoms with Crippen LogP contribution in [-0.4, -0.2) is 6.10 Å². The van der Waals surface area contributed by atoms with Gasteiger partial charge in [-0.1, -0.05) is 27.2 Å². The molecule has 0 spiro atoms. The van der Waals surface area contributed by atoms with E-state index in [1.807, 2.05) is 10.3 Å². The lowest BCUT2D eigenvalue weighted by Crippen LogP contribution is -2.33. The third-order valence-electron chi connectivity index (χ3n) is 3.27. The smallest absolute Gasteiger partial charge is 0.101 e. The predicted octanol–water partition coefficient (Wildman–Crippen LogP) is 4.37. The van der Waals surface area contributed by atoms with E-state index in [1.165, 1.54) is 19.3 Å². The summed E-state index contributed by atoms with van der Waals surface area (Å²) in [5, 5.41) is 0.